The van der Waals surface area contributed by atoms with E-state index in [2.05, 4.69) is 20.7 Å². The minimum Gasteiger partial charge on any atom is -0.508 e. The van der Waals surface area contributed by atoms with E-state index in [0.717, 1.165) is 33.4 Å². The van der Waals surface area contributed by atoms with Crippen LogP contribution in [0.3, 0.4) is 0 Å². The third-order valence-electron chi connectivity index (χ3n) is 24.1. The molecule has 0 aromatic heterocycles. The van der Waals surface area contributed by atoms with Crippen LogP contribution in [0.1, 0.15) is 122 Å². The number of alkyl halides is 1. The molecule has 1 N–H and O–H groups in total. The molecule has 0 unspecified atom stereocenters. The van der Waals surface area contributed by atoms with Crippen LogP contribution in [0.15, 0.2) is 187 Å². The van der Waals surface area contributed by atoms with Gasteiger partial charge >= 0.3 is 0 Å². The van der Waals surface area contributed by atoms with Crippen molar-refractivity contribution in [1.82, 2.24) is 0 Å². The Kier molecular flexibility index (Phi) is 32.6. The molecule has 122 heavy (non-hydrogen) atoms. The first-order valence-electron chi connectivity index (χ1n) is 41.1. The lowest BCUT2D eigenvalue weighted by molar-refractivity contribution is -0.126. The monoisotopic (exact) mass is 1750 g/mol. The highest BCUT2D eigenvalue weighted by atomic mass is 79.9. The van der Waals surface area contributed by atoms with Crippen LogP contribution in [-0.2, 0) is 122 Å². The van der Waals surface area contributed by atoms with Crippen LogP contribution in [-0.4, -0.2) is 132 Å². The fourth-order valence-corrected chi connectivity index (χ4v) is 17.0. The van der Waals surface area contributed by atoms with Crippen LogP contribution in [0.4, 0.5) is 17.6 Å². The van der Waals surface area contributed by atoms with E-state index in [1.165, 1.54) is 54.6 Å². The van der Waals surface area contributed by atoms with Crippen LogP contribution >= 0.6 is 15.9 Å². The van der Waals surface area contributed by atoms with E-state index < -0.39 is 22.4 Å². The van der Waals surface area contributed by atoms with Crippen molar-refractivity contribution < 1.29 is 114 Å². The van der Waals surface area contributed by atoms with Crippen LogP contribution < -0.4 is 14.2 Å². The van der Waals surface area contributed by atoms with Gasteiger partial charge in [0.15, 0.2) is 50.3 Å². The third kappa shape index (κ3) is 22.1. The number of aromatic hydroxyl groups is 1. The molecule has 4 fully saturated rings. The molecule has 4 heterocycles. The molecule has 20 nitrogen and oxygen atoms in total. The van der Waals surface area contributed by atoms with E-state index in [0.29, 0.717) is 171 Å². The summed E-state index contributed by atoms with van der Waals surface area (Å²) in [6.07, 6.45) is 10.0. The highest BCUT2D eigenvalue weighted by molar-refractivity contribution is 9.09. The molecule has 11 atom stereocenters. The van der Waals surface area contributed by atoms with Crippen molar-refractivity contribution in [2.75, 3.05) is 80.9 Å². The maximum absolute atomic E-state index is 14.9. The number of methoxy groups -OCH3 is 4. The first-order chi connectivity index (χ1) is 58.6. The van der Waals surface area contributed by atoms with Gasteiger partial charge in [-0.3, -0.25) is 19.2 Å². The Labute approximate surface area is 721 Å². The zero-order valence-corrected chi connectivity index (χ0v) is 73.0. The summed E-state index contributed by atoms with van der Waals surface area (Å²) in [6.45, 7) is 17.7. The molecule has 4 aliphatic carbocycles. The number of ether oxygens (including phenoxy) is 15. The zero-order valence-electron chi connectivity index (χ0n) is 71.4. The Morgan fingerprint density at radius 2 is 0.689 bits per heavy atom. The second-order valence-corrected chi connectivity index (χ2v) is 32.9. The predicted molar refractivity (Wildman–Crippen MR) is 454 cm³/mol. The minimum absolute atomic E-state index is 0. The van der Waals surface area contributed by atoms with Gasteiger partial charge in [0.25, 0.3) is 0 Å². The number of fused-ring (bicyclic) bond motifs is 4. The zero-order chi connectivity index (χ0) is 87.5. The summed E-state index contributed by atoms with van der Waals surface area (Å²) in [5.41, 5.74) is 5.68. The van der Waals surface area contributed by atoms with Gasteiger partial charge in [-0.2, -0.15) is 0 Å². The number of halogens is 5. The number of benzene rings is 7. The van der Waals surface area contributed by atoms with Crippen LogP contribution in [0.5, 0.6) is 23.0 Å². The van der Waals surface area contributed by atoms with Gasteiger partial charge < -0.3 is 76.2 Å². The Balaban J connectivity index is 0.000000169. The highest BCUT2D eigenvalue weighted by Crippen LogP contribution is 2.51. The Morgan fingerprint density at radius 3 is 0.992 bits per heavy atom. The van der Waals surface area contributed by atoms with Gasteiger partial charge in [0.1, 0.15) is 117 Å². The van der Waals surface area contributed by atoms with Crippen molar-refractivity contribution in [3.63, 3.8) is 0 Å². The standard InChI is InChI=1S/2C26H29FO5.C24H25FO4.C19H23FO5.C2H5BrO.H2/c2*1-17-9-22(27)20(11-24(17)30-14-19-7-5-4-6-8-19)10-18(2)26-13-21(15-29-3)23(28)12-25(26)31-16-32-26;1-16-10-21(25)19(12-22(16)27-14-18-6-4-3-5-7-18)11-17(2)24-9-8-20(26)13-23(24)28-15-29-24;1-11-4-15(20)13(6-16(11)21)5-12(2)19-8-14(9-23-3)17(22)7-18(19)24-10-25-19;1-4-2-3;/h2*4-9,11-12,18,21H,10,13-16H2,1-3H3;3-7,10,12-13,17H,8-9,11,14-15H2,1-2H3;4,6-7,12,14,21H,5,8-10H2,1-3H3;2H2,1H3;1H/t18-,21+,26+;18-,21-,26+;17-,24+;12-,14+,19+;;/m0000../s1. The molecule has 0 radical (unpaired) electrons. The van der Waals surface area contributed by atoms with E-state index in [9.17, 15) is 41.8 Å². The third-order valence-corrected chi connectivity index (χ3v) is 24.6. The molecule has 4 aliphatic heterocycles. The van der Waals surface area contributed by atoms with Crippen molar-refractivity contribution in [2.45, 2.75) is 155 Å². The summed E-state index contributed by atoms with van der Waals surface area (Å²) in [7, 11) is 6.34. The fourth-order valence-electron chi connectivity index (χ4n) is 17.0. The number of hydrogen-bond donors (Lipinski definition) is 1. The van der Waals surface area contributed by atoms with Gasteiger partial charge in [0.05, 0.1) is 19.8 Å². The number of carbonyl (C=O) groups is 4. The average molecular weight is 1750 g/mol. The Morgan fingerprint density at radius 1 is 0.410 bits per heavy atom. The van der Waals surface area contributed by atoms with Gasteiger partial charge in [-0.1, -0.05) is 135 Å². The quantitative estimate of drug-likeness (QED) is 0.0355. The maximum atomic E-state index is 14.9. The Hall–Kier alpha value is -9.54. The first kappa shape index (κ1) is 93.2. The smallest absolute Gasteiger partial charge is 0.189 e. The Bertz CT molecular complexity index is 4750. The lowest BCUT2D eigenvalue weighted by Crippen LogP contribution is -2.46. The van der Waals surface area contributed by atoms with Crippen molar-refractivity contribution in [1.29, 1.82) is 0 Å². The molecule has 4 saturated heterocycles. The van der Waals surface area contributed by atoms with E-state index in [1.807, 2.05) is 139 Å². The molecule has 15 rings (SSSR count). The van der Waals surface area contributed by atoms with E-state index >= 15 is 0 Å². The normalized spacial score (nSPS) is 23.2. The summed E-state index contributed by atoms with van der Waals surface area (Å²) in [4.78, 5) is 48.8. The summed E-state index contributed by atoms with van der Waals surface area (Å²) in [6, 6.07) is 42.3. The van der Waals surface area contributed by atoms with Gasteiger partial charge in [0, 0.05) is 78.3 Å². The predicted octanol–water partition coefficient (Wildman–Crippen LogP) is 18.5. The number of hydrogen-bond acceptors (Lipinski definition) is 20. The summed E-state index contributed by atoms with van der Waals surface area (Å²) in [5, 5.41) is 9.89. The van der Waals surface area contributed by atoms with Crippen LogP contribution in [0.25, 0.3) is 0 Å². The van der Waals surface area contributed by atoms with Crippen LogP contribution in [0.2, 0.25) is 0 Å². The highest BCUT2D eigenvalue weighted by Gasteiger charge is 2.56. The second-order valence-electron chi connectivity index (χ2n) is 32.5. The number of phenols is 1. The lowest BCUT2D eigenvalue weighted by atomic mass is 9.72. The molecule has 8 aliphatic rings. The number of allylic oxidation sites excluding steroid dienone is 4. The molecule has 0 spiro atoms. The molecule has 7 aromatic carbocycles. The van der Waals surface area contributed by atoms with Crippen molar-refractivity contribution >= 4 is 39.1 Å². The molecule has 0 saturated carbocycles. The van der Waals surface area contributed by atoms with Crippen molar-refractivity contribution in [2.24, 2.45) is 41.4 Å². The fraction of sp³-hybridized carbons (Fsp3) is 0.443. The first-order valence-corrected chi connectivity index (χ1v) is 42.2. The van der Waals surface area contributed by atoms with Crippen molar-refractivity contribution in [3.8, 4) is 23.0 Å². The molecule has 656 valence electrons. The van der Waals surface area contributed by atoms with E-state index in [-0.39, 0.29) is 122 Å². The SMILES string of the molecule is COCBr.COC[C@@H]1C[C@]2([C@@H](C)Cc3cc(OCc4ccccc4)c(C)cc3F)OCOC2=CC1=O.COC[C@H]1C[C@]2([C@@H](C)Cc3cc(O)c(C)cc3F)OCOC2=CC1=O.COC[C@H]1C[C@]2([C@@H](C)Cc3cc(OCc4ccccc4)c(C)cc3F)OCOC2=CC1=O.Cc1cc(F)c(C[C@H](C)[C@]23CCC(=O)C=C2OCO3)cc1OCc1ccccc1.[HH]. The molecular weight excluding hydrogens is 1640 g/mol. The number of phenolic OH excluding ortho intramolecular Hbond substituents is 1. The topological polar surface area (TPSA) is 227 Å². The second kappa shape index (κ2) is 42.7. The van der Waals surface area contributed by atoms with Crippen LogP contribution in [0, 0.1) is 92.4 Å². The molecule has 0 amide bonds. The van der Waals surface area contributed by atoms with Gasteiger partial charge in [-0.05, 0) is 212 Å². The number of rotatable bonds is 28. The molecule has 0 bridgehead atoms. The van der Waals surface area contributed by atoms with Gasteiger partial charge in [-0.25, -0.2) is 17.6 Å². The van der Waals surface area contributed by atoms with E-state index in [4.69, 9.17) is 66.3 Å². The summed E-state index contributed by atoms with van der Waals surface area (Å²) < 4.78 is 143. The number of ketones is 4. The summed E-state index contributed by atoms with van der Waals surface area (Å²) in [5.74, 6) is 1.66. The van der Waals surface area contributed by atoms with Crippen molar-refractivity contribution in [3.05, 3.63) is 271 Å². The maximum Gasteiger partial charge on any atom is 0.189 e. The lowest BCUT2D eigenvalue weighted by Gasteiger charge is -2.38. The number of carbonyl (C=O) groups excluding carboxylic acids is 4. The summed E-state index contributed by atoms with van der Waals surface area (Å²) >= 11 is 3.03. The average Bonchev–Trinajstić information content (AvgIpc) is 1.69. The molecule has 7 aromatic rings. The molecule has 25 heteroatoms. The number of aryl methyl sites for hydroxylation is 4. The van der Waals surface area contributed by atoms with Gasteiger partial charge in [0.2, 0.25) is 0 Å². The van der Waals surface area contributed by atoms with Gasteiger partial charge in [-0.15, -0.1) is 0 Å². The largest absolute Gasteiger partial charge is 0.508 e. The minimum atomic E-state index is -0.774. The molecular formula is C97H113BrF4O20. The van der Waals surface area contributed by atoms with E-state index in [1.54, 1.807) is 53.6 Å².